The first-order chi connectivity index (χ1) is 15.6. The molecule has 32 heavy (non-hydrogen) atoms. The first kappa shape index (κ1) is 20.6. The lowest BCUT2D eigenvalue weighted by molar-refractivity contribution is 0.198. The summed E-state index contributed by atoms with van der Waals surface area (Å²) in [5, 5.41) is 12.0. The molecular weight excluding hydrogens is 396 g/mol. The van der Waals surface area contributed by atoms with Gasteiger partial charge >= 0.3 is 0 Å². The SMILES string of the molecule is Cc1cccc(CN2CCCC(c3ccc4c(NCc5cccc(C)n5)n[nH]c4n3)C2)c1. The van der Waals surface area contributed by atoms with Crippen molar-refractivity contribution in [1.29, 1.82) is 0 Å². The Balaban J connectivity index is 1.27. The number of H-pyrrole nitrogens is 1. The Kier molecular flexibility index (Phi) is 5.86. The summed E-state index contributed by atoms with van der Waals surface area (Å²) in [6.45, 7) is 8.01. The lowest BCUT2D eigenvalue weighted by Gasteiger charge is -2.32. The average Bonchev–Trinajstić information content (AvgIpc) is 3.20. The Hall–Kier alpha value is -3.25. The molecule has 5 rings (SSSR count). The van der Waals surface area contributed by atoms with Crippen molar-refractivity contribution in [3.05, 3.63) is 82.8 Å². The molecular formula is C26H30N6. The molecule has 164 valence electrons. The number of hydrogen-bond acceptors (Lipinski definition) is 5. The number of likely N-dealkylation sites (tertiary alicyclic amines) is 1. The van der Waals surface area contributed by atoms with E-state index in [4.69, 9.17) is 4.98 Å². The first-order valence-corrected chi connectivity index (χ1v) is 11.4. The number of nitrogens with zero attached hydrogens (tertiary/aromatic N) is 4. The van der Waals surface area contributed by atoms with Gasteiger partial charge in [-0.05, 0) is 63.1 Å². The third-order valence-electron chi connectivity index (χ3n) is 6.24. The largest absolute Gasteiger partial charge is 0.362 e. The highest BCUT2D eigenvalue weighted by molar-refractivity contribution is 5.87. The summed E-state index contributed by atoms with van der Waals surface area (Å²) in [6.07, 6.45) is 2.39. The number of aromatic nitrogens is 4. The summed E-state index contributed by atoms with van der Waals surface area (Å²) >= 11 is 0. The van der Waals surface area contributed by atoms with E-state index in [0.717, 1.165) is 53.6 Å². The van der Waals surface area contributed by atoms with Gasteiger partial charge in [0.05, 0.1) is 17.6 Å². The Morgan fingerprint density at radius 2 is 1.97 bits per heavy atom. The van der Waals surface area contributed by atoms with Gasteiger partial charge in [-0.25, -0.2) is 4.98 Å². The molecule has 0 spiro atoms. The van der Waals surface area contributed by atoms with Gasteiger partial charge in [0.15, 0.2) is 11.5 Å². The Bertz CT molecular complexity index is 1210. The van der Waals surface area contributed by atoms with E-state index in [1.165, 1.54) is 24.0 Å². The molecule has 0 radical (unpaired) electrons. The van der Waals surface area contributed by atoms with Crippen molar-refractivity contribution in [3.8, 4) is 0 Å². The van der Waals surface area contributed by atoms with Crippen LogP contribution in [-0.4, -0.2) is 38.2 Å². The molecule has 1 aliphatic rings. The van der Waals surface area contributed by atoms with E-state index in [9.17, 15) is 0 Å². The van der Waals surface area contributed by atoms with E-state index in [1.807, 2.05) is 25.1 Å². The minimum absolute atomic E-state index is 0.453. The molecule has 6 heteroatoms. The first-order valence-electron chi connectivity index (χ1n) is 11.4. The van der Waals surface area contributed by atoms with Crippen LogP contribution in [-0.2, 0) is 13.1 Å². The van der Waals surface area contributed by atoms with Gasteiger partial charge in [0, 0.05) is 30.4 Å². The van der Waals surface area contributed by atoms with Gasteiger partial charge in [-0.3, -0.25) is 15.0 Å². The maximum absolute atomic E-state index is 4.94. The Morgan fingerprint density at radius 1 is 1.06 bits per heavy atom. The molecule has 6 nitrogen and oxygen atoms in total. The number of benzene rings is 1. The molecule has 0 aliphatic carbocycles. The zero-order valence-corrected chi connectivity index (χ0v) is 18.8. The monoisotopic (exact) mass is 426 g/mol. The fraction of sp³-hybridized carbons (Fsp3) is 0.346. The summed E-state index contributed by atoms with van der Waals surface area (Å²) in [5.41, 5.74) is 6.74. The molecule has 4 heterocycles. The predicted molar refractivity (Wildman–Crippen MR) is 129 cm³/mol. The summed E-state index contributed by atoms with van der Waals surface area (Å²) < 4.78 is 0. The molecule has 1 unspecified atom stereocenters. The van der Waals surface area contributed by atoms with E-state index in [-0.39, 0.29) is 0 Å². The van der Waals surface area contributed by atoms with Crippen LogP contribution in [0, 0.1) is 13.8 Å². The number of aryl methyl sites for hydroxylation is 2. The number of fused-ring (bicyclic) bond motifs is 1. The van der Waals surface area contributed by atoms with Gasteiger partial charge in [-0.15, -0.1) is 0 Å². The van der Waals surface area contributed by atoms with E-state index in [2.05, 4.69) is 68.7 Å². The normalized spacial score (nSPS) is 17.0. The van der Waals surface area contributed by atoms with Gasteiger partial charge < -0.3 is 5.32 Å². The number of aromatic amines is 1. The molecule has 0 amide bonds. The van der Waals surface area contributed by atoms with Crippen LogP contribution in [0.5, 0.6) is 0 Å². The van der Waals surface area contributed by atoms with Crippen LogP contribution < -0.4 is 5.32 Å². The van der Waals surface area contributed by atoms with Gasteiger partial charge in [0.1, 0.15) is 0 Å². The van der Waals surface area contributed by atoms with Gasteiger partial charge in [-0.2, -0.15) is 5.10 Å². The second kappa shape index (κ2) is 9.09. The van der Waals surface area contributed by atoms with Crippen molar-refractivity contribution >= 4 is 16.9 Å². The maximum Gasteiger partial charge on any atom is 0.157 e. The molecule has 0 bridgehead atoms. The Morgan fingerprint density at radius 3 is 2.84 bits per heavy atom. The van der Waals surface area contributed by atoms with Gasteiger partial charge in [0.2, 0.25) is 0 Å². The number of nitrogens with one attached hydrogen (secondary N) is 2. The lowest BCUT2D eigenvalue weighted by Crippen LogP contribution is -2.34. The summed E-state index contributed by atoms with van der Waals surface area (Å²) in [6, 6.07) is 19.2. The van der Waals surface area contributed by atoms with Crippen molar-refractivity contribution in [2.24, 2.45) is 0 Å². The molecule has 1 aliphatic heterocycles. The third-order valence-corrected chi connectivity index (χ3v) is 6.24. The minimum Gasteiger partial charge on any atom is -0.362 e. The molecule has 1 atom stereocenters. The summed E-state index contributed by atoms with van der Waals surface area (Å²) in [5.74, 6) is 1.28. The maximum atomic E-state index is 4.94. The molecule has 3 aromatic heterocycles. The molecule has 4 aromatic rings. The summed E-state index contributed by atoms with van der Waals surface area (Å²) in [4.78, 5) is 12.1. The lowest BCUT2D eigenvalue weighted by atomic mass is 9.93. The molecule has 1 fully saturated rings. The highest BCUT2D eigenvalue weighted by Gasteiger charge is 2.23. The zero-order valence-electron chi connectivity index (χ0n) is 18.8. The molecule has 2 N–H and O–H groups in total. The smallest absolute Gasteiger partial charge is 0.157 e. The predicted octanol–water partition coefficient (Wildman–Crippen LogP) is 4.96. The van der Waals surface area contributed by atoms with Crippen LogP contribution >= 0.6 is 0 Å². The van der Waals surface area contributed by atoms with Crippen LogP contribution in [0.3, 0.4) is 0 Å². The number of anilines is 1. The zero-order chi connectivity index (χ0) is 21.9. The van der Waals surface area contributed by atoms with Crippen LogP contribution in [0.25, 0.3) is 11.0 Å². The fourth-order valence-electron chi connectivity index (χ4n) is 4.66. The van der Waals surface area contributed by atoms with Crippen LogP contribution in [0.1, 0.15) is 47.0 Å². The van der Waals surface area contributed by atoms with Crippen molar-refractivity contribution in [2.45, 2.75) is 45.7 Å². The highest BCUT2D eigenvalue weighted by atomic mass is 15.2. The van der Waals surface area contributed by atoms with Crippen molar-refractivity contribution in [1.82, 2.24) is 25.1 Å². The number of rotatable bonds is 6. The number of piperidine rings is 1. The van der Waals surface area contributed by atoms with Crippen LogP contribution in [0.15, 0.2) is 54.6 Å². The third kappa shape index (κ3) is 4.65. The fourth-order valence-corrected chi connectivity index (χ4v) is 4.66. The second-order valence-electron chi connectivity index (χ2n) is 8.89. The van der Waals surface area contributed by atoms with E-state index in [0.29, 0.717) is 12.5 Å². The number of pyridine rings is 2. The summed E-state index contributed by atoms with van der Waals surface area (Å²) in [7, 11) is 0. The van der Waals surface area contributed by atoms with E-state index >= 15 is 0 Å². The van der Waals surface area contributed by atoms with E-state index in [1.54, 1.807) is 0 Å². The van der Waals surface area contributed by atoms with Gasteiger partial charge in [-0.1, -0.05) is 35.9 Å². The topological polar surface area (TPSA) is 69.7 Å². The minimum atomic E-state index is 0.453. The van der Waals surface area contributed by atoms with Crippen molar-refractivity contribution in [3.63, 3.8) is 0 Å². The van der Waals surface area contributed by atoms with Gasteiger partial charge in [0.25, 0.3) is 0 Å². The van der Waals surface area contributed by atoms with Crippen molar-refractivity contribution < 1.29 is 0 Å². The molecule has 1 saturated heterocycles. The van der Waals surface area contributed by atoms with Crippen LogP contribution in [0.2, 0.25) is 0 Å². The highest BCUT2D eigenvalue weighted by Crippen LogP contribution is 2.29. The average molecular weight is 427 g/mol. The van der Waals surface area contributed by atoms with Crippen LogP contribution in [0.4, 0.5) is 5.82 Å². The van der Waals surface area contributed by atoms with E-state index < -0.39 is 0 Å². The Labute approximate surface area is 189 Å². The molecule has 0 saturated carbocycles. The molecule has 1 aromatic carbocycles. The second-order valence-corrected chi connectivity index (χ2v) is 8.89. The van der Waals surface area contributed by atoms with Crippen molar-refractivity contribution in [2.75, 3.05) is 18.4 Å². The quantitative estimate of drug-likeness (QED) is 0.456. The number of hydrogen-bond donors (Lipinski definition) is 2. The standard InChI is InChI=1S/C26H30N6/c1-18-6-3-8-20(14-18)16-32-13-5-9-21(17-32)24-12-11-23-25(30-31-26(23)29-24)27-15-22-10-4-7-19(2)28-22/h3-4,6-8,10-12,14,21H,5,9,13,15-17H2,1-2H3,(H2,27,29,30,31).